The third-order valence-corrected chi connectivity index (χ3v) is 2.28. The van der Waals surface area contributed by atoms with E-state index in [-0.39, 0.29) is 18.9 Å². The summed E-state index contributed by atoms with van der Waals surface area (Å²) in [6.07, 6.45) is 0. The maximum absolute atomic E-state index is 11.3. The minimum atomic E-state index is -0.733. The number of ether oxygens (including phenoxy) is 2. The summed E-state index contributed by atoms with van der Waals surface area (Å²) in [5, 5.41) is 3.92. The molecule has 0 spiro atoms. The second-order valence-electron chi connectivity index (χ2n) is 3.60. The second kappa shape index (κ2) is 8.16. The number of halogens is 1. The van der Waals surface area contributed by atoms with E-state index >= 15 is 0 Å². The first-order chi connectivity index (χ1) is 9.52. The van der Waals surface area contributed by atoms with Crippen molar-refractivity contribution in [1.29, 1.82) is 0 Å². The fourth-order valence-electron chi connectivity index (χ4n) is 1.09. The summed E-state index contributed by atoms with van der Waals surface area (Å²) in [6.45, 7) is 2.93. The number of rotatable bonds is 6. The largest absolute Gasteiger partial charge is 0.482 e. The maximum Gasteiger partial charge on any atom is 0.372 e. The highest BCUT2D eigenvalue weighted by Crippen LogP contribution is 2.15. The van der Waals surface area contributed by atoms with Gasteiger partial charge in [-0.15, -0.1) is 0 Å². The zero-order valence-electron chi connectivity index (χ0n) is 11.1. The first-order valence-electron chi connectivity index (χ1n) is 5.83. The fraction of sp³-hybridized carbons (Fsp3) is 0.308. The van der Waals surface area contributed by atoms with Crippen LogP contribution in [0.3, 0.4) is 0 Å². The average molecular weight is 300 g/mol. The quantitative estimate of drug-likeness (QED) is 0.348. The molecule has 108 valence electrons. The Bertz CT molecular complexity index is 498. The molecule has 6 nitrogen and oxygen atoms in total. The molecule has 0 saturated carbocycles. The Kier molecular flexibility index (Phi) is 6.52. The minimum absolute atomic E-state index is 0.0494. The molecule has 0 heterocycles. The molecular formula is C13H14ClNO5. The van der Waals surface area contributed by atoms with Gasteiger partial charge in [0.05, 0.1) is 6.61 Å². The minimum Gasteiger partial charge on any atom is -0.482 e. The van der Waals surface area contributed by atoms with E-state index in [0.717, 1.165) is 0 Å². The highest BCUT2D eigenvalue weighted by Gasteiger charge is 2.09. The molecule has 20 heavy (non-hydrogen) atoms. The van der Waals surface area contributed by atoms with Crippen LogP contribution in [0.25, 0.3) is 0 Å². The third kappa shape index (κ3) is 5.71. The number of carbonyl (C=O) groups is 2. The molecule has 1 rings (SSSR count). The van der Waals surface area contributed by atoms with E-state index in [1.54, 1.807) is 31.2 Å². The van der Waals surface area contributed by atoms with Crippen molar-refractivity contribution in [1.82, 2.24) is 0 Å². The van der Waals surface area contributed by atoms with Gasteiger partial charge in [-0.2, -0.15) is 0 Å². The van der Waals surface area contributed by atoms with Crippen LogP contribution >= 0.6 is 11.6 Å². The first kappa shape index (κ1) is 16.0. The van der Waals surface area contributed by atoms with Crippen molar-refractivity contribution in [3.05, 3.63) is 29.3 Å². The topological polar surface area (TPSA) is 74.2 Å². The van der Waals surface area contributed by atoms with Crippen molar-refractivity contribution in [2.45, 2.75) is 13.8 Å². The van der Waals surface area contributed by atoms with Gasteiger partial charge in [0.1, 0.15) is 5.75 Å². The molecule has 0 aliphatic heterocycles. The Balaban J connectivity index is 2.38. The predicted molar refractivity (Wildman–Crippen MR) is 72.8 cm³/mol. The molecule has 0 atom stereocenters. The Morgan fingerprint density at radius 2 is 1.90 bits per heavy atom. The Hall–Kier alpha value is -2.08. The monoisotopic (exact) mass is 299 g/mol. The summed E-state index contributed by atoms with van der Waals surface area (Å²) in [7, 11) is 0. The zero-order chi connectivity index (χ0) is 15.0. The molecule has 0 aliphatic rings. The Morgan fingerprint density at radius 1 is 1.25 bits per heavy atom. The molecule has 0 N–H and O–H groups in total. The second-order valence-corrected chi connectivity index (χ2v) is 4.04. The van der Waals surface area contributed by atoms with E-state index in [1.165, 1.54) is 6.92 Å². The molecule has 0 bridgehead atoms. The van der Waals surface area contributed by atoms with Crippen molar-refractivity contribution in [2.24, 2.45) is 5.16 Å². The van der Waals surface area contributed by atoms with E-state index in [1.807, 2.05) is 0 Å². The van der Waals surface area contributed by atoms with Crippen LogP contribution in [0.5, 0.6) is 5.75 Å². The number of esters is 1. The van der Waals surface area contributed by atoms with Crippen molar-refractivity contribution < 1.29 is 23.9 Å². The number of hydrogen-bond acceptors (Lipinski definition) is 6. The van der Waals surface area contributed by atoms with Crippen molar-refractivity contribution >= 4 is 29.3 Å². The van der Waals surface area contributed by atoms with Gasteiger partial charge in [-0.05, 0) is 38.1 Å². The van der Waals surface area contributed by atoms with E-state index < -0.39 is 11.9 Å². The standard InChI is InChI=1S/C13H14ClNO5/c1-3-18-13(17)9(2)15-20-12(16)8-19-11-6-4-10(14)5-7-11/h4-7H,3,8H2,1-2H3. The summed E-state index contributed by atoms with van der Waals surface area (Å²) < 4.78 is 9.82. The predicted octanol–water partition coefficient (Wildman–Crippen LogP) is 2.20. The molecule has 0 unspecified atom stereocenters. The zero-order valence-corrected chi connectivity index (χ0v) is 11.8. The summed E-state index contributed by atoms with van der Waals surface area (Å²) in [4.78, 5) is 27.0. The highest BCUT2D eigenvalue weighted by molar-refractivity contribution is 6.35. The lowest BCUT2D eigenvalue weighted by molar-refractivity contribution is -0.146. The molecule has 0 radical (unpaired) electrons. The summed E-state index contributed by atoms with van der Waals surface area (Å²) in [5.41, 5.74) is -0.0494. The van der Waals surface area contributed by atoms with Crippen LogP contribution in [0.4, 0.5) is 0 Å². The van der Waals surface area contributed by atoms with E-state index in [4.69, 9.17) is 16.3 Å². The summed E-state index contributed by atoms with van der Waals surface area (Å²) in [5.74, 6) is -0.903. The van der Waals surface area contributed by atoms with Gasteiger partial charge < -0.3 is 14.3 Å². The van der Waals surface area contributed by atoms with Crippen LogP contribution in [0.1, 0.15) is 13.8 Å². The Labute approximate surface area is 121 Å². The number of oxime groups is 1. The Morgan fingerprint density at radius 3 is 2.50 bits per heavy atom. The van der Waals surface area contributed by atoms with Gasteiger partial charge in [0, 0.05) is 5.02 Å². The molecule has 0 saturated heterocycles. The van der Waals surface area contributed by atoms with Gasteiger partial charge in [0.25, 0.3) is 0 Å². The van der Waals surface area contributed by atoms with Crippen molar-refractivity contribution in [2.75, 3.05) is 13.2 Å². The van der Waals surface area contributed by atoms with Crippen LogP contribution in [-0.2, 0) is 19.2 Å². The third-order valence-electron chi connectivity index (χ3n) is 2.03. The first-order valence-corrected chi connectivity index (χ1v) is 6.20. The van der Waals surface area contributed by atoms with Gasteiger partial charge >= 0.3 is 11.9 Å². The van der Waals surface area contributed by atoms with Crippen LogP contribution in [0, 0.1) is 0 Å². The van der Waals surface area contributed by atoms with Crippen molar-refractivity contribution in [3.8, 4) is 5.75 Å². The van der Waals surface area contributed by atoms with Gasteiger partial charge in [-0.25, -0.2) is 9.59 Å². The van der Waals surface area contributed by atoms with Crippen molar-refractivity contribution in [3.63, 3.8) is 0 Å². The van der Waals surface area contributed by atoms with Crippen LogP contribution in [0.15, 0.2) is 29.4 Å². The number of carbonyl (C=O) groups excluding carboxylic acids is 2. The normalized spacial score (nSPS) is 10.8. The van der Waals surface area contributed by atoms with Crippen LogP contribution in [0.2, 0.25) is 5.02 Å². The number of nitrogens with zero attached hydrogens (tertiary/aromatic N) is 1. The molecule has 7 heteroatoms. The lowest BCUT2D eigenvalue weighted by Crippen LogP contribution is -2.17. The summed E-state index contributed by atoms with van der Waals surface area (Å²) >= 11 is 5.71. The van der Waals surface area contributed by atoms with E-state index in [0.29, 0.717) is 10.8 Å². The van der Waals surface area contributed by atoms with Gasteiger partial charge in [-0.3, -0.25) is 0 Å². The molecule has 0 aliphatic carbocycles. The van der Waals surface area contributed by atoms with Gasteiger partial charge in [0.2, 0.25) is 0 Å². The molecule has 0 fully saturated rings. The molecule has 0 amide bonds. The number of benzene rings is 1. The lowest BCUT2D eigenvalue weighted by atomic mass is 10.3. The molecular weight excluding hydrogens is 286 g/mol. The highest BCUT2D eigenvalue weighted by atomic mass is 35.5. The van der Waals surface area contributed by atoms with Crippen LogP contribution in [-0.4, -0.2) is 30.9 Å². The molecule has 1 aromatic carbocycles. The smallest absolute Gasteiger partial charge is 0.372 e. The molecule has 1 aromatic rings. The number of hydrogen-bond donors (Lipinski definition) is 0. The molecule has 0 aromatic heterocycles. The van der Waals surface area contributed by atoms with Gasteiger partial charge in [0.15, 0.2) is 12.3 Å². The average Bonchev–Trinajstić information content (AvgIpc) is 2.44. The lowest BCUT2D eigenvalue weighted by Gasteiger charge is -2.04. The SMILES string of the molecule is CCOC(=O)C(C)=NOC(=O)COc1ccc(Cl)cc1. The van der Waals surface area contributed by atoms with E-state index in [2.05, 4.69) is 14.7 Å². The fourth-order valence-corrected chi connectivity index (χ4v) is 1.22. The van der Waals surface area contributed by atoms with Gasteiger partial charge in [-0.1, -0.05) is 16.8 Å². The maximum atomic E-state index is 11.3. The van der Waals surface area contributed by atoms with Crippen LogP contribution < -0.4 is 4.74 Å². The summed E-state index contributed by atoms with van der Waals surface area (Å²) in [6, 6.07) is 6.49. The van der Waals surface area contributed by atoms with E-state index in [9.17, 15) is 9.59 Å².